The van der Waals surface area contributed by atoms with E-state index in [1.54, 1.807) is 26.0 Å². The lowest BCUT2D eigenvalue weighted by atomic mass is 9.91. The van der Waals surface area contributed by atoms with Crippen molar-refractivity contribution >= 4 is 0 Å². The molecule has 9 N–H and O–H groups in total. The summed E-state index contributed by atoms with van der Waals surface area (Å²) in [5.41, 5.74) is 0.213. The molecule has 0 saturated heterocycles. The maximum absolute atomic E-state index is 10.7. The van der Waals surface area contributed by atoms with Gasteiger partial charge in [-0.3, -0.25) is 0 Å². The van der Waals surface area contributed by atoms with Crippen LogP contribution in [0.25, 0.3) is 0 Å². The summed E-state index contributed by atoms with van der Waals surface area (Å²) >= 11 is 0. The summed E-state index contributed by atoms with van der Waals surface area (Å²) in [6.45, 7) is 3.52. The van der Waals surface area contributed by atoms with Crippen molar-refractivity contribution in [2.45, 2.75) is 50.2 Å². The van der Waals surface area contributed by atoms with Gasteiger partial charge in [0.1, 0.15) is 5.75 Å². The largest absolute Gasteiger partial charge is 0.508 e. The first-order valence-corrected chi connectivity index (χ1v) is 10.5. The molecule has 9 heteroatoms. The van der Waals surface area contributed by atoms with Crippen LogP contribution >= 0.6 is 0 Å². The summed E-state index contributed by atoms with van der Waals surface area (Å²) < 4.78 is 0. The van der Waals surface area contributed by atoms with Gasteiger partial charge in [0.25, 0.3) is 0 Å². The third-order valence-corrected chi connectivity index (χ3v) is 5.57. The van der Waals surface area contributed by atoms with E-state index in [2.05, 4.69) is 10.6 Å². The minimum Gasteiger partial charge on any atom is -0.508 e. The molecule has 178 valence electrons. The van der Waals surface area contributed by atoms with Gasteiger partial charge in [0.05, 0.1) is 24.9 Å². The van der Waals surface area contributed by atoms with Crippen LogP contribution in [0.3, 0.4) is 0 Å². The SMILES string of the molecule is CC(C)(NCC(O)c1ccc(O)c(O)c1)C(O)CC(CO)NCC(O)c1ccc(O)cc1. The summed E-state index contributed by atoms with van der Waals surface area (Å²) in [5.74, 6) is -0.498. The van der Waals surface area contributed by atoms with Crippen molar-refractivity contribution in [1.29, 1.82) is 0 Å². The lowest BCUT2D eigenvalue weighted by Crippen LogP contribution is -2.53. The van der Waals surface area contributed by atoms with Crippen LogP contribution < -0.4 is 10.6 Å². The number of aliphatic hydroxyl groups excluding tert-OH is 4. The molecule has 9 nitrogen and oxygen atoms in total. The van der Waals surface area contributed by atoms with Crippen LogP contribution in [0.4, 0.5) is 0 Å². The van der Waals surface area contributed by atoms with Crippen LogP contribution in [0, 0.1) is 0 Å². The first-order valence-electron chi connectivity index (χ1n) is 10.5. The molecule has 4 atom stereocenters. The minimum atomic E-state index is -0.972. The van der Waals surface area contributed by atoms with Crippen molar-refractivity contribution in [2.75, 3.05) is 19.7 Å². The number of nitrogens with one attached hydrogen (secondary N) is 2. The second-order valence-corrected chi connectivity index (χ2v) is 8.51. The molecular weight excluding hydrogens is 416 g/mol. The topological polar surface area (TPSA) is 166 Å². The van der Waals surface area contributed by atoms with Gasteiger partial charge in [-0.05, 0) is 55.7 Å². The van der Waals surface area contributed by atoms with E-state index in [1.165, 1.54) is 30.3 Å². The highest BCUT2D eigenvalue weighted by Gasteiger charge is 2.30. The molecule has 0 aliphatic rings. The Hall–Kier alpha value is -2.40. The normalized spacial score (nSPS) is 15.8. The van der Waals surface area contributed by atoms with Crippen LogP contribution in [0.2, 0.25) is 0 Å². The van der Waals surface area contributed by atoms with Crippen molar-refractivity contribution < 1.29 is 35.7 Å². The highest BCUT2D eigenvalue weighted by molar-refractivity contribution is 5.41. The van der Waals surface area contributed by atoms with Crippen molar-refractivity contribution in [2.24, 2.45) is 0 Å². The summed E-state index contributed by atoms with van der Waals surface area (Å²) in [5, 5.41) is 75.4. The van der Waals surface area contributed by atoms with Gasteiger partial charge >= 0.3 is 0 Å². The first-order chi connectivity index (χ1) is 15.0. The number of rotatable bonds is 12. The van der Waals surface area contributed by atoms with Crippen molar-refractivity contribution in [1.82, 2.24) is 10.6 Å². The smallest absolute Gasteiger partial charge is 0.157 e. The fourth-order valence-corrected chi connectivity index (χ4v) is 3.22. The van der Waals surface area contributed by atoms with E-state index in [9.17, 15) is 35.7 Å². The summed E-state index contributed by atoms with van der Waals surface area (Å²) in [6.07, 6.45) is -2.52. The molecule has 0 aromatic heterocycles. The van der Waals surface area contributed by atoms with Crippen molar-refractivity contribution in [3.63, 3.8) is 0 Å². The predicted octanol–water partition coefficient (Wildman–Crippen LogP) is 0.640. The summed E-state index contributed by atoms with van der Waals surface area (Å²) in [6, 6.07) is 9.76. The van der Waals surface area contributed by atoms with E-state index in [1.807, 2.05) is 0 Å². The highest BCUT2D eigenvalue weighted by Crippen LogP contribution is 2.28. The Bertz CT molecular complexity index is 845. The average Bonchev–Trinajstić information content (AvgIpc) is 2.76. The molecule has 0 radical (unpaired) electrons. The summed E-state index contributed by atoms with van der Waals surface area (Å²) in [4.78, 5) is 0. The number of phenols is 3. The predicted molar refractivity (Wildman–Crippen MR) is 119 cm³/mol. The standard InChI is InChI=1S/C23H34N2O7/c1-23(2,25-12-21(31)15-5-8-18(28)19(29)9-15)22(32)10-16(13-26)24-11-20(30)14-3-6-17(27)7-4-14/h3-9,16,20-22,24-32H,10-13H2,1-2H3. The van der Waals surface area contributed by atoms with Crippen LogP contribution in [-0.4, -0.2) is 73.1 Å². The van der Waals surface area contributed by atoms with Crippen LogP contribution in [0.1, 0.15) is 43.6 Å². The Balaban J connectivity index is 1.86. The van der Waals surface area contributed by atoms with Gasteiger partial charge in [-0.1, -0.05) is 18.2 Å². The Morgan fingerprint density at radius 1 is 0.812 bits per heavy atom. The molecule has 2 rings (SSSR count). The van der Waals surface area contributed by atoms with Gasteiger partial charge in [0, 0.05) is 24.7 Å². The molecule has 0 aliphatic carbocycles. The Labute approximate surface area is 187 Å². The molecule has 32 heavy (non-hydrogen) atoms. The zero-order chi connectivity index (χ0) is 23.9. The lowest BCUT2D eigenvalue weighted by molar-refractivity contribution is 0.0438. The molecule has 2 aromatic carbocycles. The van der Waals surface area contributed by atoms with E-state index < -0.39 is 29.9 Å². The number of hydrogen-bond acceptors (Lipinski definition) is 9. The van der Waals surface area contributed by atoms with Gasteiger partial charge in [0.2, 0.25) is 0 Å². The molecule has 2 aromatic rings. The minimum absolute atomic E-state index is 0.0884. The molecule has 0 fully saturated rings. The quantitative estimate of drug-likeness (QED) is 0.211. The number of benzene rings is 2. The van der Waals surface area contributed by atoms with Crippen molar-refractivity contribution in [3.05, 3.63) is 53.6 Å². The highest BCUT2D eigenvalue weighted by atomic mass is 16.3. The third kappa shape index (κ3) is 7.33. The Kier molecular flexibility index (Phi) is 9.26. The number of aliphatic hydroxyl groups is 4. The van der Waals surface area contributed by atoms with Gasteiger partial charge in [-0.15, -0.1) is 0 Å². The fraction of sp³-hybridized carbons (Fsp3) is 0.478. The van der Waals surface area contributed by atoms with Crippen LogP contribution in [0.15, 0.2) is 42.5 Å². The number of aromatic hydroxyl groups is 3. The molecular formula is C23H34N2O7. The number of phenolic OH excluding ortho intramolecular Hbond substituents is 3. The van der Waals surface area contributed by atoms with Crippen LogP contribution in [-0.2, 0) is 0 Å². The Morgan fingerprint density at radius 3 is 2.00 bits per heavy atom. The second kappa shape index (κ2) is 11.5. The molecule has 0 spiro atoms. The maximum Gasteiger partial charge on any atom is 0.157 e. The average molecular weight is 451 g/mol. The van der Waals surface area contributed by atoms with Gasteiger partial charge in [-0.25, -0.2) is 0 Å². The van der Waals surface area contributed by atoms with E-state index in [0.717, 1.165) is 0 Å². The molecule has 0 amide bonds. The molecule has 0 heterocycles. The molecule has 0 saturated carbocycles. The van der Waals surface area contributed by atoms with E-state index in [-0.39, 0.29) is 43.4 Å². The molecule has 0 bridgehead atoms. The van der Waals surface area contributed by atoms with Gasteiger partial charge in [0.15, 0.2) is 11.5 Å². The zero-order valence-corrected chi connectivity index (χ0v) is 18.3. The van der Waals surface area contributed by atoms with Crippen molar-refractivity contribution in [3.8, 4) is 17.2 Å². The van der Waals surface area contributed by atoms with E-state index >= 15 is 0 Å². The second-order valence-electron chi connectivity index (χ2n) is 8.51. The lowest BCUT2D eigenvalue weighted by Gasteiger charge is -2.35. The zero-order valence-electron chi connectivity index (χ0n) is 18.3. The Morgan fingerprint density at radius 2 is 1.41 bits per heavy atom. The van der Waals surface area contributed by atoms with Gasteiger partial charge in [-0.2, -0.15) is 0 Å². The molecule has 4 unspecified atom stereocenters. The monoisotopic (exact) mass is 450 g/mol. The maximum atomic E-state index is 10.7. The summed E-state index contributed by atoms with van der Waals surface area (Å²) in [7, 11) is 0. The van der Waals surface area contributed by atoms with E-state index in [0.29, 0.717) is 11.1 Å². The molecule has 0 aliphatic heterocycles. The van der Waals surface area contributed by atoms with Crippen LogP contribution in [0.5, 0.6) is 17.2 Å². The third-order valence-electron chi connectivity index (χ3n) is 5.57. The first kappa shape index (κ1) is 25.9. The van der Waals surface area contributed by atoms with Gasteiger partial charge < -0.3 is 46.4 Å². The number of hydrogen-bond donors (Lipinski definition) is 9. The number of β-amino-alcohol motifs (C(OH)–C–C–N with tert-alkyl or cyclic N) is 1. The van der Waals surface area contributed by atoms with E-state index in [4.69, 9.17) is 0 Å². The fourth-order valence-electron chi connectivity index (χ4n) is 3.22.